The molecule has 24 heavy (non-hydrogen) atoms. The third-order valence-electron chi connectivity index (χ3n) is 5.27. The molecule has 2 aliphatic rings. The number of hydrogen-bond donors (Lipinski definition) is 2. The summed E-state index contributed by atoms with van der Waals surface area (Å²) in [6.45, 7) is 4.45. The maximum Gasteiger partial charge on any atom is 0.311 e. The Bertz CT molecular complexity index is 709. The molecule has 0 spiro atoms. The fourth-order valence-electron chi connectivity index (χ4n) is 3.16. The van der Waals surface area contributed by atoms with Crippen molar-refractivity contribution in [2.45, 2.75) is 33.1 Å². The first-order valence-electron chi connectivity index (χ1n) is 8.22. The van der Waals surface area contributed by atoms with E-state index in [4.69, 9.17) is 5.11 Å². The van der Waals surface area contributed by atoms with Gasteiger partial charge < -0.3 is 15.3 Å². The van der Waals surface area contributed by atoms with Gasteiger partial charge in [0.05, 0.1) is 11.3 Å². The summed E-state index contributed by atoms with van der Waals surface area (Å²) in [5.41, 5.74) is 2.20. The van der Waals surface area contributed by atoms with E-state index in [0.717, 1.165) is 16.8 Å². The predicted molar refractivity (Wildman–Crippen MR) is 88.7 cm³/mol. The first-order valence-corrected chi connectivity index (χ1v) is 8.22. The van der Waals surface area contributed by atoms with Crippen LogP contribution in [-0.2, 0) is 14.4 Å². The monoisotopic (exact) mass is 330 g/mol. The number of benzene rings is 1. The third-order valence-corrected chi connectivity index (χ3v) is 5.27. The molecule has 2 fully saturated rings. The number of anilines is 1. The van der Waals surface area contributed by atoms with Crippen molar-refractivity contribution in [2.24, 2.45) is 11.3 Å². The number of amides is 2. The predicted octanol–water partition coefficient (Wildman–Crippen LogP) is 1.64. The summed E-state index contributed by atoms with van der Waals surface area (Å²) in [7, 11) is 0. The Labute approximate surface area is 140 Å². The zero-order chi connectivity index (χ0) is 17.5. The Morgan fingerprint density at radius 3 is 2.67 bits per heavy atom. The summed E-state index contributed by atoms with van der Waals surface area (Å²) in [6, 6.07) is 5.79. The minimum atomic E-state index is -0.859. The Kier molecular flexibility index (Phi) is 4.07. The van der Waals surface area contributed by atoms with Gasteiger partial charge in [-0.15, -0.1) is 0 Å². The summed E-state index contributed by atoms with van der Waals surface area (Å²) >= 11 is 0. The van der Waals surface area contributed by atoms with E-state index in [1.165, 1.54) is 0 Å². The van der Waals surface area contributed by atoms with Gasteiger partial charge in [-0.3, -0.25) is 14.4 Å². The van der Waals surface area contributed by atoms with E-state index in [2.05, 4.69) is 5.32 Å². The van der Waals surface area contributed by atoms with Crippen LogP contribution in [0.15, 0.2) is 18.2 Å². The van der Waals surface area contributed by atoms with Crippen LogP contribution in [0.4, 0.5) is 5.69 Å². The topological polar surface area (TPSA) is 86.7 Å². The molecule has 1 aliphatic carbocycles. The number of carbonyl (C=O) groups is 3. The van der Waals surface area contributed by atoms with Gasteiger partial charge in [-0.05, 0) is 43.9 Å². The van der Waals surface area contributed by atoms with Crippen molar-refractivity contribution in [2.75, 3.05) is 18.0 Å². The van der Waals surface area contributed by atoms with Crippen molar-refractivity contribution in [3.8, 4) is 0 Å². The lowest BCUT2D eigenvalue weighted by Gasteiger charge is -2.20. The zero-order valence-electron chi connectivity index (χ0n) is 14.0. The highest BCUT2D eigenvalue weighted by Crippen LogP contribution is 2.45. The maximum atomic E-state index is 12.3. The van der Waals surface area contributed by atoms with E-state index in [1.807, 2.05) is 32.0 Å². The molecule has 1 aromatic carbocycles. The molecule has 0 bridgehead atoms. The SMILES string of the molecule is Cc1cccc(N2CC(C(=O)NCC3(C(=O)O)CC3)CC2=O)c1C. The largest absolute Gasteiger partial charge is 0.481 e. The highest BCUT2D eigenvalue weighted by Gasteiger charge is 2.50. The number of carbonyl (C=O) groups excluding carboxylic acids is 2. The molecule has 6 nitrogen and oxygen atoms in total. The fraction of sp³-hybridized carbons (Fsp3) is 0.500. The molecule has 3 rings (SSSR count). The second-order valence-corrected chi connectivity index (χ2v) is 6.93. The van der Waals surface area contributed by atoms with Crippen LogP contribution in [0.2, 0.25) is 0 Å². The van der Waals surface area contributed by atoms with Gasteiger partial charge >= 0.3 is 5.97 Å². The standard InChI is InChI=1S/C18H22N2O4/c1-11-4-3-5-14(12(11)2)20-9-13(8-15(20)21)16(22)19-10-18(6-7-18)17(23)24/h3-5,13H,6-10H2,1-2H3,(H,19,22)(H,23,24). The molecule has 1 atom stereocenters. The van der Waals surface area contributed by atoms with Gasteiger partial charge in [0, 0.05) is 25.2 Å². The Morgan fingerprint density at radius 2 is 2.04 bits per heavy atom. The van der Waals surface area contributed by atoms with Gasteiger partial charge in [-0.1, -0.05) is 12.1 Å². The molecule has 1 aliphatic heterocycles. The van der Waals surface area contributed by atoms with E-state index < -0.39 is 17.3 Å². The van der Waals surface area contributed by atoms with Crippen molar-refractivity contribution in [3.05, 3.63) is 29.3 Å². The van der Waals surface area contributed by atoms with Crippen LogP contribution < -0.4 is 10.2 Å². The molecular weight excluding hydrogens is 308 g/mol. The average Bonchev–Trinajstić information content (AvgIpc) is 3.25. The smallest absolute Gasteiger partial charge is 0.311 e. The second-order valence-electron chi connectivity index (χ2n) is 6.93. The summed E-state index contributed by atoms with van der Waals surface area (Å²) in [6.07, 6.45) is 1.36. The number of nitrogens with one attached hydrogen (secondary N) is 1. The molecule has 1 aromatic rings. The first-order chi connectivity index (χ1) is 11.3. The summed E-state index contributed by atoms with van der Waals surface area (Å²) in [5, 5.41) is 11.9. The number of nitrogens with zero attached hydrogens (tertiary/aromatic N) is 1. The van der Waals surface area contributed by atoms with Crippen LogP contribution in [-0.4, -0.2) is 36.0 Å². The van der Waals surface area contributed by atoms with Gasteiger partial charge in [-0.2, -0.15) is 0 Å². The molecule has 0 aromatic heterocycles. The highest BCUT2D eigenvalue weighted by atomic mass is 16.4. The molecule has 0 radical (unpaired) electrons. The van der Waals surface area contributed by atoms with Crippen molar-refractivity contribution in [3.63, 3.8) is 0 Å². The number of aliphatic carboxylic acids is 1. The summed E-state index contributed by atoms with van der Waals surface area (Å²) in [5.74, 6) is -1.59. The molecule has 1 unspecified atom stereocenters. The van der Waals surface area contributed by atoms with Crippen LogP contribution >= 0.6 is 0 Å². The van der Waals surface area contributed by atoms with E-state index in [1.54, 1.807) is 4.90 Å². The van der Waals surface area contributed by atoms with E-state index >= 15 is 0 Å². The normalized spacial score (nSPS) is 21.7. The minimum Gasteiger partial charge on any atom is -0.481 e. The average molecular weight is 330 g/mol. The van der Waals surface area contributed by atoms with Gasteiger partial charge in [-0.25, -0.2) is 0 Å². The second kappa shape index (κ2) is 5.92. The Hall–Kier alpha value is -2.37. The Morgan fingerprint density at radius 1 is 1.33 bits per heavy atom. The molecule has 2 amide bonds. The third kappa shape index (κ3) is 2.88. The molecule has 128 valence electrons. The zero-order valence-corrected chi connectivity index (χ0v) is 14.0. The van der Waals surface area contributed by atoms with Gasteiger partial charge in [0.2, 0.25) is 11.8 Å². The molecule has 2 N–H and O–H groups in total. The molecule has 1 saturated carbocycles. The van der Waals surface area contributed by atoms with Gasteiger partial charge in [0.15, 0.2) is 0 Å². The number of carboxylic acids is 1. The summed E-state index contributed by atoms with van der Waals surface area (Å²) < 4.78 is 0. The van der Waals surface area contributed by atoms with Crippen LogP contribution in [0, 0.1) is 25.2 Å². The Balaban J connectivity index is 1.65. The van der Waals surface area contributed by atoms with Crippen molar-refractivity contribution >= 4 is 23.5 Å². The maximum absolute atomic E-state index is 12.3. The number of aryl methyl sites for hydroxylation is 1. The van der Waals surface area contributed by atoms with Crippen LogP contribution in [0.3, 0.4) is 0 Å². The van der Waals surface area contributed by atoms with Crippen molar-refractivity contribution < 1.29 is 19.5 Å². The van der Waals surface area contributed by atoms with Crippen molar-refractivity contribution in [1.82, 2.24) is 5.32 Å². The summed E-state index contributed by atoms with van der Waals surface area (Å²) in [4.78, 5) is 37.5. The fourth-order valence-corrected chi connectivity index (χ4v) is 3.16. The molecule has 1 saturated heterocycles. The lowest BCUT2D eigenvalue weighted by atomic mass is 10.1. The van der Waals surface area contributed by atoms with Crippen LogP contribution in [0.1, 0.15) is 30.4 Å². The van der Waals surface area contributed by atoms with Gasteiger partial charge in [0.1, 0.15) is 0 Å². The molecule has 1 heterocycles. The highest BCUT2D eigenvalue weighted by molar-refractivity contribution is 6.01. The van der Waals surface area contributed by atoms with Crippen molar-refractivity contribution in [1.29, 1.82) is 0 Å². The lowest BCUT2D eigenvalue weighted by molar-refractivity contribution is -0.143. The van der Waals surface area contributed by atoms with Crippen LogP contribution in [0.25, 0.3) is 0 Å². The number of carboxylic acid groups (broad SMARTS) is 1. The van der Waals surface area contributed by atoms with E-state index in [-0.39, 0.29) is 24.8 Å². The molecule has 6 heteroatoms. The minimum absolute atomic E-state index is 0.0665. The lowest BCUT2D eigenvalue weighted by Crippen LogP contribution is -2.38. The molecular formula is C18H22N2O4. The number of hydrogen-bond acceptors (Lipinski definition) is 3. The van der Waals surface area contributed by atoms with E-state index in [9.17, 15) is 14.4 Å². The van der Waals surface area contributed by atoms with Crippen LogP contribution in [0.5, 0.6) is 0 Å². The van der Waals surface area contributed by atoms with Gasteiger partial charge in [0.25, 0.3) is 0 Å². The number of rotatable bonds is 5. The first kappa shape index (κ1) is 16.5. The van der Waals surface area contributed by atoms with E-state index in [0.29, 0.717) is 19.4 Å². The quantitative estimate of drug-likeness (QED) is 0.859.